The minimum atomic E-state index is 0.512. The highest BCUT2D eigenvalue weighted by Crippen LogP contribution is 2.28. The Balaban J connectivity index is 1.50. The molecule has 2 aromatic carbocycles. The molecule has 0 saturated heterocycles. The zero-order chi connectivity index (χ0) is 26.7. The predicted octanol–water partition coefficient (Wildman–Crippen LogP) is 6.27. The van der Waals surface area contributed by atoms with Crippen LogP contribution in [0.5, 0.6) is 17.2 Å². The Morgan fingerprint density at radius 1 is 0.974 bits per heavy atom. The lowest BCUT2D eigenvalue weighted by Gasteiger charge is -2.23. The molecule has 2 N–H and O–H groups in total. The second kappa shape index (κ2) is 13.4. The topological polar surface area (TPSA) is 84.0 Å². The van der Waals surface area contributed by atoms with Crippen molar-refractivity contribution in [2.75, 3.05) is 44.2 Å². The summed E-state index contributed by atoms with van der Waals surface area (Å²) in [6, 6.07) is 18.0. The SMILES string of the molecule is CCCN(CCC)c1cc(OCCc2ccc(OC)c(OC)c2)cc(N/N=C/c2c[nH]c3ccccc23)n1. The first-order chi connectivity index (χ1) is 18.6. The highest BCUT2D eigenvalue weighted by molar-refractivity contribution is 5.99. The number of fused-ring (bicyclic) bond motifs is 1. The van der Waals surface area contributed by atoms with Crippen molar-refractivity contribution in [3.8, 4) is 17.2 Å². The molecule has 2 heterocycles. The van der Waals surface area contributed by atoms with Crippen molar-refractivity contribution in [3.63, 3.8) is 0 Å². The van der Waals surface area contributed by atoms with Gasteiger partial charge in [-0.25, -0.2) is 4.98 Å². The number of ether oxygens (including phenoxy) is 3. The van der Waals surface area contributed by atoms with Gasteiger partial charge in [0.2, 0.25) is 0 Å². The third kappa shape index (κ3) is 6.76. The standard InChI is InChI=1S/C30H37N5O3/c1-5-14-35(15-6-2)30-19-24(38-16-13-22-11-12-27(36-3)28(17-22)37-4)18-29(33-30)34-32-21-23-20-31-26-10-8-7-9-25(23)26/h7-12,17-21,31H,5-6,13-16H2,1-4H3,(H,33,34)/b32-21+. The number of pyridine rings is 1. The molecule has 0 aliphatic carbocycles. The highest BCUT2D eigenvalue weighted by atomic mass is 16.5. The number of anilines is 2. The quantitative estimate of drug-likeness (QED) is 0.152. The lowest BCUT2D eigenvalue weighted by molar-refractivity contribution is 0.320. The summed E-state index contributed by atoms with van der Waals surface area (Å²) in [4.78, 5) is 10.4. The van der Waals surface area contributed by atoms with Gasteiger partial charge in [-0.1, -0.05) is 38.1 Å². The average molecular weight is 516 g/mol. The number of methoxy groups -OCH3 is 2. The maximum atomic E-state index is 6.20. The van der Waals surface area contributed by atoms with Crippen LogP contribution < -0.4 is 24.5 Å². The van der Waals surface area contributed by atoms with Crippen molar-refractivity contribution in [3.05, 3.63) is 71.9 Å². The van der Waals surface area contributed by atoms with Crippen LogP contribution in [0.25, 0.3) is 10.9 Å². The second-order valence-corrected chi connectivity index (χ2v) is 8.98. The largest absolute Gasteiger partial charge is 0.493 e. The van der Waals surface area contributed by atoms with Gasteiger partial charge in [0.15, 0.2) is 17.3 Å². The van der Waals surface area contributed by atoms with Gasteiger partial charge in [0, 0.05) is 54.3 Å². The molecule has 200 valence electrons. The van der Waals surface area contributed by atoms with Gasteiger partial charge >= 0.3 is 0 Å². The lowest BCUT2D eigenvalue weighted by atomic mass is 10.1. The van der Waals surface area contributed by atoms with E-state index in [0.29, 0.717) is 23.9 Å². The molecule has 0 radical (unpaired) electrons. The monoisotopic (exact) mass is 515 g/mol. The molecule has 4 aromatic rings. The Morgan fingerprint density at radius 3 is 2.53 bits per heavy atom. The number of nitrogens with one attached hydrogen (secondary N) is 2. The van der Waals surface area contributed by atoms with Crippen LogP contribution in [0, 0.1) is 0 Å². The molecule has 0 fully saturated rings. The minimum Gasteiger partial charge on any atom is -0.493 e. The zero-order valence-electron chi connectivity index (χ0n) is 22.7. The Bertz CT molecular complexity index is 1340. The van der Waals surface area contributed by atoms with Crippen LogP contribution in [0.15, 0.2) is 65.9 Å². The Kier molecular flexibility index (Phi) is 9.45. The van der Waals surface area contributed by atoms with E-state index >= 15 is 0 Å². The number of nitrogens with zero attached hydrogens (tertiary/aromatic N) is 3. The Hall–Kier alpha value is -4.20. The number of hydrogen-bond acceptors (Lipinski definition) is 7. The molecular weight excluding hydrogens is 478 g/mol. The van der Waals surface area contributed by atoms with Crippen molar-refractivity contribution in [1.29, 1.82) is 0 Å². The zero-order valence-corrected chi connectivity index (χ0v) is 22.7. The third-order valence-electron chi connectivity index (χ3n) is 6.21. The van der Waals surface area contributed by atoms with Crippen LogP contribution >= 0.6 is 0 Å². The molecule has 0 unspecified atom stereocenters. The molecule has 0 saturated carbocycles. The normalized spacial score (nSPS) is 11.2. The fourth-order valence-electron chi connectivity index (χ4n) is 4.37. The summed E-state index contributed by atoms with van der Waals surface area (Å²) < 4.78 is 17.0. The van der Waals surface area contributed by atoms with Crippen LogP contribution in [-0.2, 0) is 6.42 Å². The maximum absolute atomic E-state index is 6.20. The van der Waals surface area contributed by atoms with Crippen molar-refractivity contribution in [1.82, 2.24) is 9.97 Å². The fraction of sp³-hybridized carbons (Fsp3) is 0.333. The first-order valence-electron chi connectivity index (χ1n) is 13.1. The van der Waals surface area contributed by atoms with Crippen LogP contribution in [0.1, 0.15) is 37.8 Å². The molecule has 0 aliphatic rings. The fourth-order valence-corrected chi connectivity index (χ4v) is 4.37. The Morgan fingerprint density at radius 2 is 1.76 bits per heavy atom. The van der Waals surface area contributed by atoms with Gasteiger partial charge < -0.3 is 24.1 Å². The summed E-state index contributed by atoms with van der Waals surface area (Å²) in [5.41, 5.74) is 6.31. The molecule has 0 aliphatic heterocycles. The van der Waals surface area contributed by atoms with Gasteiger partial charge in [-0.15, -0.1) is 0 Å². The summed E-state index contributed by atoms with van der Waals surface area (Å²) in [5, 5.41) is 5.59. The van der Waals surface area contributed by atoms with Gasteiger partial charge in [0.25, 0.3) is 0 Å². The summed E-state index contributed by atoms with van der Waals surface area (Å²) in [6.45, 7) is 6.72. The minimum absolute atomic E-state index is 0.512. The van der Waals surface area contributed by atoms with Crippen LogP contribution in [0.4, 0.5) is 11.6 Å². The van der Waals surface area contributed by atoms with E-state index in [-0.39, 0.29) is 0 Å². The molecule has 8 heteroatoms. The first-order valence-corrected chi connectivity index (χ1v) is 13.1. The highest BCUT2D eigenvalue weighted by Gasteiger charge is 2.11. The molecule has 4 rings (SSSR count). The van der Waals surface area contributed by atoms with E-state index in [1.165, 1.54) is 0 Å². The Labute approximate surface area is 224 Å². The van der Waals surface area contributed by atoms with E-state index in [0.717, 1.165) is 65.9 Å². The van der Waals surface area contributed by atoms with Crippen molar-refractivity contribution >= 4 is 28.8 Å². The van der Waals surface area contributed by atoms with Crippen LogP contribution in [0.3, 0.4) is 0 Å². The number of hydrogen-bond donors (Lipinski definition) is 2. The van der Waals surface area contributed by atoms with E-state index in [1.807, 2.05) is 54.7 Å². The van der Waals surface area contributed by atoms with Gasteiger partial charge in [0.05, 0.1) is 27.0 Å². The van der Waals surface area contributed by atoms with Gasteiger partial charge in [-0.2, -0.15) is 5.10 Å². The second-order valence-electron chi connectivity index (χ2n) is 8.98. The van der Waals surface area contributed by atoms with Gasteiger partial charge in [0.1, 0.15) is 11.6 Å². The van der Waals surface area contributed by atoms with E-state index in [1.54, 1.807) is 20.4 Å². The smallest absolute Gasteiger partial charge is 0.160 e. The van der Waals surface area contributed by atoms with Crippen molar-refractivity contribution < 1.29 is 14.2 Å². The lowest BCUT2D eigenvalue weighted by Crippen LogP contribution is -2.26. The van der Waals surface area contributed by atoms with Crippen molar-refractivity contribution in [2.24, 2.45) is 5.10 Å². The predicted molar refractivity (Wildman–Crippen MR) is 155 cm³/mol. The molecule has 0 spiro atoms. The average Bonchev–Trinajstić information content (AvgIpc) is 3.36. The van der Waals surface area contributed by atoms with E-state index in [2.05, 4.69) is 40.3 Å². The number of aromatic amines is 1. The number of rotatable bonds is 14. The van der Waals surface area contributed by atoms with Gasteiger partial charge in [-0.05, 0) is 36.6 Å². The van der Waals surface area contributed by atoms with E-state index in [9.17, 15) is 0 Å². The van der Waals surface area contributed by atoms with E-state index in [4.69, 9.17) is 19.2 Å². The molecular formula is C30H37N5O3. The molecule has 2 aromatic heterocycles. The summed E-state index contributed by atoms with van der Waals surface area (Å²) >= 11 is 0. The number of H-pyrrole nitrogens is 1. The number of benzene rings is 2. The number of aromatic nitrogens is 2. The maximum Gasteiger partial charge on any atom is 0.160 e. The molecule has 8 nitrogen and oxygen atoms in total. The molecule has 0 amide bonds. The third-order valence-corrected chi connectivity index (χ3v) is 6.21. The number of para-hydroxylation sites is 1. The first kappa shape index (κ1) is 26.9. The van der Waals surface area contributed by atoms with Gasteiger partial charge in [-0.3, -0.25) is 5.43 Å². The van der Waals surface area contributed by atoms with Crippen molar-refractivity contribution in [2.45, 2.75) is 33.1 Å². The summed E-state index contributed by atoms with van der Waals surface area (Å²) in [6.07, 6.45) is 6.56. The van der Waals surface area contributed by atoms with Crippen LogP contribution in [0.2, 0.25) is 0 Å². The molecule has 0 atom stereocenters. The van der Waals surface area contributed by atoms with E-state index < -0.39 is 0 Å². The molecule has 0 bridgehead atoms. The number of hydrazone groups is 1. The van der Waals surface area contributed by atoms with Crippen LogP contribution in [-0.4, -0.2) is 50.1 Å². The summed E-state index contributed by atoms with van der Waals surface area (Å²) in [7, 11) is 3.28. The summed E-state index contributed by atoms with van der Waals surface area (Å²) in [5.74, 6) is 3.69. The molecule has 38 heavy (non-hydrogen) atoms.